The number of hydrogen-bond acceptors (Lipinski definition) is 1. The second-order valence-electron chi connectivity index (χ2n) is 0.105. The van der Waals surface area contributed by atoms with Crippen molar-refractivity contribution in [3.05, 3.63) is 0 Å². The van der Waals surface area contributed by atoms with E-state index in [1.54, 1.807) is 0 Å². The first kappa shape index (κ1) is 8.93. The van der Waals surface area contributed by atoms with E-state index in [1.807, 2.05) is 0 Å². The standard InChI is InChI=1S/CH2S2.W/c2-1-3;/h1H,(H,2,3);. The predicted octanol–water partition coefficient (Wildman–Crippen LogP) is 0.871. The molecule has 0 aliphatic heterocycles. The Labute approximate surface area is 50.6 Å². The third kappa shape index (κ3) is 11.1. The zero-order valence-corrected chi connectivity index (χ0v) is 6.49. The minimum Gasteiger partial charge on any atom is -0.140 e. The first-order chi connectivity index (χ1) is 1.41. The summed E-state index contributed by atoms with van der Waals surface area (Å²) in [6, 6.07) is 0. The summed E-state index contributed by atoms with van der Waals surface area (Å²) >= 11 is 7.61. The second kappa shape index (κ2) is 8.92. The molecule has 0 spiro atoms. The first-order valence-electron chi connectivity index (χ1n) is 0.494. The number of rotatable bonds is 0. The van der Waals surface area contributed by atoms with Gasteiger partial charge in [0.05, 0.1) is 0 Å². The summed E-state index contributed by atoms with van der Waals surface area (Å²) in [6.07, 6.45) is 0. The molecule has 0 heterocycles. The summed E-state index contributed by atoms with van der Waals surface area (Å²) in [4.78, 5) is 0. The molecule has 0 nitrogen and oxygen atoms in total. The number of hydrogen-bond donors (Lipinski definition) is 1. The summed E-state index contributed by atoms with van der Waals surface area (Å²) in [5, 5.41) is 0. The molecule has 0 saturated carbocycles. The topological polar surface area (TPSA) is 0 Å². The van der Waals surface area contributed by atoms with E-state index in [2.05, 4.69) is 24.8 Å². The van der Waals surface area contributed by atoms with Gasteiger partial charge >= 0.3 is 0 Å². The van der Waals surface area contributed by atoms with Crippen molar-refractivity contribution in [2.24, 2.45) is 0 Å². The van der Waals surface area contributed by atoms with Crippen molar-refractivity contribution in [2.75, 3.05) is 0 Å². The van der Waals surface area contributed by atoms with Gasteiger partial charge in [0.1, 0.15) is 0 Å². The van der Waals surface area contributed by atoms with E-state index >= 15 is 0 Å². The molecule has 0 aliphatic rings. The molecular formula is CH2S2W. The largest absolute Gasteiger partial charge is 0.140 e. The molecule has 0 atom stereocenters. The van der Waals surface area contributed by atoms with Crippen molar-refractivity contribution < 1.29 is 21.1 Å². The minimum absolute atomic E-state index is 0. The van der Waals surface area contributed by atoms with Gasteiger partial charge < -0.3 is 0 Å². The molecule has 0 fully saturated rings. The van der Waals surface area contributed by atoms with Crippen LogP contribution in [0.5, 0.6) is 0 Å². The van der Waals surface area contributed by atoms with Crippen molar-refractivity contribution in [3.8, 4) is 0 Å². The minimum atomic E-state index is 0. The monoisotopic (exact) mass is 262 g/mol. The fourth-order valence-corrected chi connectivity index (χ4v) is 0. The van der Waals surface area contributed by atoms with Crippen LogP contribution in [0, 0.1) is 0 Å². The fraction of sp³-hybridized carbons (Fsp3) is 0. The van der Waals surface area contributed by atoms with Crippen LogP contribution >= 0.6 is 24.8 Å². The van der Waals surface area contributed by atoms with Crippen molar-refractivity contribution in [3.63, 3.8) is 0 Å². The van der Waals surface area contributed by atoms with Crippen molar-refractivity contribution in [2.45, 2.75) is 0 Å². The van der Waals surface area contributed by atoms with E-state index < -0.39 is 0 Å². The zero-order chi connectivity index (χ0) is 2.71. The van der Waals surface area contributed by atoms with Crippen LogP contribution in [0.2, 0.25) is 0 Å². The van der Waals surface area contributed by atoms with Gasteiger partial charge in [0.2, 0.25) is 0 Å². The third-order valence-electron chi connectivity index (χ3n) is 0. The van der Waals surface area contributed by atoms with Crippen LogP contribution in [-0.4, -0.2) is 4.70 Å². The van der Waals surface area contributed by atoms with E-state index in [1.165, 1.54) is 4.70 Å². The summed E-state index contributed by atoms with van der Waals surface area (Å²) in [7, 11) is 0. The Bertz CT molecular complexity index is 13.5. The molecule has 0 bridgehead atoms. The van der Waals surface area contributed by atoms with E-state index in [0.717, 1.165) is 0 Å². The van der Waals surface area contributed by atoms with Gasteiger partial charge in [-0.3, -0.25) is 0 Å². The Hall–Kier alpha value is 1.13. The van der Waals surface area contributed by atoms with Gasteiger partial charge in [-0.25, -0.2) is 0 Å². The molecule has 4 heavy (non-hydrogen) atoms. The average Bonchev–Trinajstić information content (AvgIpc) is 0.918. The van der Waals surface area contributed by atoms with Gasteiger partial charge in [-0.05, 0) is 0 Å². The Morgan fingerprint density at radius 1 is 1.75 bits per heavy atom. The maximum absolute atomic E-state index is 4.13. The van der Waals surface area contributed by atoms with E-state index in [-0.39, 0.29) is 21.1 Å². The molecule has 0 amide bonds. The molecule has 0 N–H and O–H groups in total. The molecule has 0 aliphatic carbocycles. The van der Waals surface area contributed by atoms with Crippen LogP contribution in [0.25, 0.3) is 0 Å². The molecule has 0 aromatic heterocycles. The summed E-state index contributed by atoms with van der Waals surface area (Å²) < 4.78 is 1.28. The van der Waals surface area contributed by atoms with E-state index in [0.29, 0.717) is 0 Å². The molecule has 0 aromatic rings. The van der Waals surface area contributed by atoms with Crippen LogP contribution in [0.15, 0.2) is 0 Å². The normalized spacial score (nSPS) is 3.25. The van der Waals surface area contributed by atoms with Crippen LogP contribution in [-0.2, 0) is 21.1 Å². The zero-order valence-electron chi connectivity index (χ0n) is 1.84. The molecule has 0 radical (unpaired) electrons. The predicted molar refractivity (Wildman–Crippen MR) is 22.6 cm³/mol. The molecular weight excluding hydrogens is 260 g/mol. The van der Waals surface area contributed by atoms with Crippen LogP contribution in [0.4, 0.5) is 0 Å². The van der Waals surface area contributed by atoms with Crippen molar-refractivity contribution in [1.82, 2.24) is 0 Å². The average molecular weight is 262 g/mol. The Morgan fingerprint density at radius 3 is 1.75 bits per heavy atom. The molecule has 0 saturated heterocycles. The summed E-state index contributed by atoms with van der Waals surface area (Å²) in [5.74, 6) is 0. The number of thiocarbonyl (C=S) groups is 1. The van der Waals surface area contributed by atoms with Crippen LogP contribution in [0.1, 0.15) is 0 Å². The van der Waals surface area contributed by atoms with E-state index in [4.69, 9.17) is 0 Å². The maximum atomic E-state index is 4.13. The SMILES string of the molecule is S=CS.[W]. The smallest absolute Gasteiger partial charge is 0.0310 e. The van der Waals surface area contributed by atoms with Crippen LogP contribution in [0.3, 0.4) is 0 Å². The number of thiol groups is 1. The van der Waals surface area contributed by atoms with Crippen LogP contribution < -0.4 is 0 Å². The fourth-order valence-electron chi connectivity index (χ4n) is 0. The quantitative estimate of drug-likeness (QED) is 0.499. The van der Waals surface area contributed by atoms with Gasteiger partial charge in [-0.2, -0.15) is 0 Å². The first-order valence-corrected chi connectivity index (χ1v) is 1.48. The Morgan fingerprint density at radius 2 is 1.75 bits per heavy atom. The van der Waals surface area contributed by atoms with Gasteiger partial charge in [-0.1, -0.05) is 12.2 Å². The van der Waals surface area contributed by atoms with Crippen molar-refractivity contribution in [1.29, 1.82) is 0 Å². The Balaban J connectivity index is 0. The molecule has 0 unspecified atom stereocenters. The summed E-state index contributed by atoms with van der Waals surface area (Å²) in [6.45, 7) is 0. The molecule has 0 aromatic carbocycles. The van der Waals surface area contributed by atoms with Crippen molar-refractivity contribution >= 4 is 29.5 Å². The molecule has 24 valence electrons. The Kier molecular flexibility index (Phi) is 19.9. The van der Waals surface area contributed by atoms with E-state index in [9.17, 15) is 0 Å². The van der Waals surface area contributed by atoms with Gasteiger partial charge in [0.25, 0.3) is 0 Å². The maximum Gasteiger partial charge on any atom is 0.0310 e. The summed E-state index contributed by atoms with van der Waals surface area (Å²) in [5.41, 5.74) is 0. The molecule has 3 heteroatoms. The third-order valence-corrected chi connectivity index (χ3v) is 0. The van der Waals surface area contributed by atoms with Gasteiger partial charge in [0.15, 0.2) is 0 Å². The van der Waals surface area contributed by atoms with Gasteiger partial charge in [0, 0.05) is 25.8 Å². The molecule has 0 rings (SSSR count). The van der Waals surface area contributed by atoms with Gasteiger partial charge in [-0.15, -0.1) is 12.6 Å². The second-order valence-corrected chi connectivity index (χ2v) is 0.949.